The van der Waals surface area contributed by atoms with Crippen molar-refractivity contribution in [3.8, 4) is 0 Å². The minimum absolute atomic E-state index is 0.00537. The van der Waals surface area contributed by atoms with Crippen molar-refractivity contribution in [3.63, 3.8) is 0 Å². The van der Waals surface area contributed by atoms with Crippen LogP contribution in [-0.2, 0) is 17.1 Å². The van der Waals surface area contributed by atoms with Crippen molar-refractivity contribution >= 4 is 10.0 Å². The van der Waals surface area contributed by atoms with Gasteiger partial charge in [0.15, 0.2) is 0 Å². The summed E-state index contributed by atoms with van der Waals surface area (Å²) in [5.74, 6) is 0.590. The molecular formula is C12H16N4O2S. The molecule has 1 atom stereocenters. The summed E-state index contributed by atoms with van der Waals surface area (Å²) in [4.78, 5) is 0. The predicted octanol–water partition coefficient (Wildman–Crippen LogP) is 1.00. The van der Waals surface area contributed by atoms with Gasteiger partial charge < -0.3 is 4.57 Å². The van der Waals surface area contributed by atoms with Gasteiger partial charge in [-0.1, -0.05) is 37.3 Å². The first-order valence-electron chi connectivity index (χ1n) is 5.92. The number of primary sulfonamides is 1. The van der Waals surface area contributed by atoms with Gasteiger partial charge in [0.25, 0.3) is 15.2 Å². The minimum atomic E-state index is -3.85. The zero-order valence-corrected chi connectivity index (χ0v) is 11.6. The molecule has 7 heteroatoms. The molecular weight excluding hydrogens is 264 g/mol. The van der Waals surface area contributed by atoms with E-state index in [4.69, 9.17) is 5.14 Å². The third-order valence-corrected chi connectivity index (χ3v) is 3.91. The van der Waals surface area contributed by atoms with Crippen molar-refractivity contribution in [2.45, 2.75) is 24.4 Å². The Balaban J connectivity index is 2.49. The second kappa shape index (κ2) is 5.10. The average molecular weight is 280 g/mol. The van der Waals surface area contributed by atoms with Crippen LogP contribution in [0.25, 0.3) is 0 Å². The molecule has 0 aliphatic carbocycles. The summed E-state index contributed by atoms with van der Waals surface area (Å²) in [7, 11) is -2.24. The predicted molar refractivity (Wildman–Crippen MR) is 71.0 cm³/mol. The van der Waals surface area contributed by atoms with E-state index in [1.165, 1.54) is 4.57 Å². The molecule has 0 fully saturated rings. The number of aromatic nitrogens is 3. The third-order valence-electron chi connectivity index (χ3n) is 3.04. The van der Waals surface area contributed by atoms with Crippen LogP contribution in [0.15, 0.2) is 35.5 Å². The van der Waals surface area contributed by atoms with Crippen molar-refractivity contribution in [2.24, 2.45) is 12.2 Å². The SMILES string of the molecule is CCC(c1ccccc1)c1nnc(S(N)(=O)=O)n1C. The highest BCUT2D eigenvalue weighted by atomic mass is 32.2. The fourth-order valence-electron chi connectivity index (χ4n) is 2.13. The molecule has 1 aromatic heterocycles. The number of rotatable bonds is 4. The molecule has 1 unspecified atom stereocenters. The monoisotopic (exact) mass is 280 g/mol. The maximum absolute atomic E-state index is 11.4. The summed E-state index contributed by atoms with van der Waals surface area (Å²) in [5, 5.41) is 12.6. The Morgan fingerprint density at radius 1 is 1.26 bits per heavy atom. The highest BCUT2D eigenvalue weighted by molar-refractivity contribution is 7.89. The first-order chi connectivity index (χ1) is 8.95. The molecule has 0 spiro atoms. The molecule has 0 aliphatic heterocycles. The van der Waals surface area contributed by atoms with Crippen molar-refractivity contribution in [3.05, 3.63) is 41.7 Å². The molecule has 0 amide bonds. The van der Waals surface area contributed by atoms with Gasteiger partial charge in [-0.15, -0.1) is 10.2 Å². The van der Waals surface area contributed by atoms with Crippen molar-refractivity contribution in [2.75, 3.05) is 0 Å². The Morgan fingerprint density at radius 2 is 1.89 bits per heavy atom. The molecule has 0 saturated heterocycles. The molecule has 0 radical (unpaired) electrons. The van der Waals surface area contributed by atoms with E-state index in [0.717, 1.165) is 12.0 Å². The summed E-state index contributed by atoms with van der Waals surface area (Å²) >= 11 is 0. The summed E-state index contributed by atoms with van der Waals surface area (Å²) in [5.41, 5.74) is 1.07. The lowest BCUT2D eigenvalue weighted by molar-refractivity contribution is 0.574. The Kier molecular flexibility index (Phi) is 3.68. The Hall–Kier alpha value is -1.73. The van der Waals surface area contributed by atoms with Gasteiger partial charge in [-0.05, 0) is 12.0 Å². The summed E-state index contributed by atoms with van der Waals surface area (Å²) in [6, 6.07) is 9.78. The van der Waals surface area contributed by atoms with E-state index in [1.54, 1.807) is 7.05 Å². The van der Waals surface area contributed by atoms with Crippen LogP contribution in [0.5, 0.6) is 0 Å². The summed E-state index contributed by atoms with van der Waals surface area (Å²) in [6.45, 7) is 2.02. The number of hydrogen-bond acceptors (Lipinski definition) is 4. The topological polar surface area (TPSA) is 90.9 Å². The number of hydrogen-bond donors (Lipinski definition) is 1. The molecule has 1 heterocycles. The van der Waals surface area contributed by atoms with Crippen LogP contribution in [-0.4, -0.2) is 23.2 Å². The van der Waals surface area contributed by atoms with Gasteiger partial charge >= 0.3 is 0 Å². The number of benzene rings is 1. The lowest BCUT2D eigenvalue weighted by atomic mass is 9.96. The van der Waals surface area contributed by atoms with Crippen molar-refractivity contribution < 1.29 is 8.42 Å². The zero-order valence-electron chi connectivity index (χ0n) is 10.8. The van der Waals surface area contributed by atoms with E-state index < -0.39 is 10.0 Å². The fraction of sp³-hybridized carbons (Fsp3) is 0.333. The van der Waals surface area contributed by atoms with E-state index in [2.05, 4.69) is 10.2 Å². The normalized spacial score (nSPS) is 13.4. The van der Waals surface area contributed by atoms with E-state index in [0.29, 0.717) is 5.82 Å². The lowest BCUT2D eigenvalue weighted by Gasteiger charge is -2.14. The Bertz CT molecular complexity index is 664. The minimum Gasteiger partial charge on any atom is -0.303 e. The molecule has 6 nitrogen and oxygen atoms in total. The number of sulfonamides is 1. The highest BCUT2D eigenvalue weighted by Gasteiger charge is 2.24. The molecule has 2 aromatic rings. The van der Waals surface area contributed by atoms with E-state index in [1.807, 2.05) is 37.3 Å². The van der Waals surface area contributed by atoms with Crippen LogP contribution in [0.2, 0.25) is 0 Å². The molecule has 2 N–H and O–H groups in total. The molecule has 19 heavy (non-hydrogen) atoms. The highest BCUT2D eigenvalue weighted by Crippen LogP contribution is 2.26. The van der Waals surface area contributed by atoms with E-state index in [-0.39, 0.29) is 11.1 Å². The smallest absolute Gasteiger partial charge is 0.273 e. The quantitative estimate of drug-likeness (QED) is 0.904. The van der Waals surface area contributed by atoms with Gasteiger partial charge in [0.05, 0.1) is 0 Å². The Morgan fingerprint density at radius 3 is 2.37 bits per heavy atom. The second-order valence-corrected chi connectivity index (χ2v) is 5.77. The van der Waals surface area contributed by atoms with E-state index >= 15 is 0 Å². The Labute approximate surface area is 112 Å². The molecule has 0 saturated carbocycles. The van der Waals surface area contributed by atoms with Crippen LogP contribution < -0.4 is 5.14 Å². The van der Waals surface area contributed by atoms with Gasteiger partial charge in [0.2, 0.25) is 0 Å². The van der Waals surface area contributed by atoms with E-state index in [9.17, 15) is 8.42 Å². The summed E-state index contributed by atoms with van der Waals surface area (Å²) in [6.07, 6.45) is 0.792. The zero-order chi connectivity index (χ0) is 14.0. The van der Waals surface area contributed by atoms with Crippen LogP contribution in [0.3, 0.4) is 0 Å². The molecule has 0 aliphatic rings. The molecule has 1 aromatic carbocycles. The second-order valence-electron chi connectivity index (χ2n) is 4.32. The number of nitrogens with zero attached hydrogens (tertiary/aromatic N) is 3. The fourth-order valence-corrected chi connectivity index (χ4v) is 2.76. The van der Waals surface area contributed by atoms with Gasteiger partial charge in [-0.3, -0.25) is 0 Å². The van der Waals surface area contributed by atoms with Gasteiger partial charge in [0, 0.05) is 13.0 Å². The third kappa shape index (κ3) is 2.66. The van der Waals surface area contributed by atoms with Gasteiger partial charge in [-0.25, -0.2) is 13.6 Å². The molecule has 102 valence electrons. The average Bonchev–Trinajstić information content (AvgIpc) is 2.74. The maximum atomic E-state index is 11.4. The standard InChI is InChI=1S/C12H16N4O2S/c1-3-10(9-7-5-4-6-8-9)11-14-15-12(16(11)2)19(13,17)18/h4-8,10H,3H2,1-2H3,(H2,13,17,18). The van der Waals surface area contributed by atoms with Crippen LogP contribution >= 0.6 is 0 Å². The molecule has 2 rings (SSSR count). The van der Waals surface area contributed by atoms with Crippen molar-refractivity contribution in [1.29, 1.82) is 0 Å². The number of nitrogens with two attached hydrogens (primary N) is 1. The van der Waals surface area contributed by atoms with Crippen molar-refractivity contribution in [1.82, 2.24) is 14.8 Å². The summed E-state index contributed by atoms with van der Waals surface area (Å²) < 4.78 is 24.2. The molecule has 0 bridgehead atoms. The van der Waals surface area contributed by atoms with Crippen LogP contribution in [0.4, 0.5) is 0 Å². The maximum Gasteiger partial charge on any atom is 0.273 e. The lowest BCUT2D eigenvalue weighted by Crippen LogP contribution is -2.18. The first kappa shape index (κ1) is 13.7. The van der Waals surface area contributed by atoms with Crippen LogP contribution in [0.1, 0.15) is 30.7 Å². The largest absolute Gasteiger partial charge is 0.303 e. The van der Waals surface area contributed by atoms with Gasteiger partial charge in [0.1, 0.15) is 5.82 Å². The first-order valence-corrected chi connectivity index (χ1v) is 7.46. The van der Waals surface area contributed by atoms with Crippen LogP contribution in [0, 0.1) is 0 Å². The van der Waals surface area contributed by atoms with Gasteiger partial charge in [-0.2, -0.15) is 0 Å².